The summed E-state index contributed by atoms with van der Waals surface area (Å²) in [4.78, 5) is 27.1. The first-order valence-corrected chi connectivity index (χ1v) is 5.75. The largest absolute Gasteiger partial charge is 0.464 e. The van der Waals surface area contributed by atoms with E-state index in [0.29, 0.717) is 10.0 Å². The zero-order chi connectivity index (χ0) is 12.1. The molecule has 0 saturated heterocycles. The number of Topliss-reactive ketones (excluding diaryl/α,β-unsaturated/α-hetero) is 1. The molecule has 0 unspecified atom stereocenters. The highest BCUT2D eigenvalue weighted by molar-refractivity contribution is 7.17. The monoisotopic (exact) mass is 242 g/mol. The number of thiazole rings is 1. The second-order valence-electron chi connectivity index (χ2n) is 3.17. The lowest BCUT2D eigenvalue weighted by Crippen LogP contribution is -2.07. The van der Waals surface area contributed by atoms with Gasteiger partial charge >= 0.3 is 5.97 Å². The van der Waals surface area contributed by atoms with Gasteiger partial charge in [0.2, 0.25) is 0 Å². The van der Waals surface area contributed by atoms with Crippen molar-refractivity contribution in [1.29, 1.82) is 0 Å². The molecule has 1 rings (SSSR count). The number of rotatable bonds is 5. The molecule has 6 heteroatoms. The van der Waals surface area contributed by atoms with Gasteiger partial charge in [0.15, 0.2) is 16.6 Å². The van der Waals surface area contributed by atoms with Gasteiger partial charge in [-0.2, -0.15) is 0 Å². The maximum absolute atomic E-state index is 11.4. The fourth-order valence-electron chi connectivity index (χ4n) is 1.10. The van der Waals surface area contributed by atoms with Crippen LogP contribution in [0.5, 0.6) is 0 Å². The number of ether oxygens (including phenoxy) is 1. The van der Waals surface area contributed by atoms with Gasteiger partial charge in [0.1, 0.15) is 4.88 Å². The summed E-state index contributed by atoms with van der Waals surface area (Å²) in [6, 6.07) is 0. The Morgan fingerprint density at radius 1 is 1.50 bits per heavy atom. The molecule has 0 aliphatic heterocycles. The molecule has 0 radical (unpaired) electrons. The summed E-state index contributed by atoms with van der Waals surface area (Å²) >= 11 is 1.18. The van der Waals surface area contributed by atoms with Gasteiger partial charge in [-0.25, -0.2) is 9.78 Å². The molecule has 0 saturated carbocycles. The Labute approximate surface area is 97.8 Å². The smallest absolute Gasteiger partial charge is 0.358 e. The summed E-state index contributed by atoms with van der Waals surface area (Å²) in [5.41, 5.74) is 0.0959. The van der Waals surface area contributed by atoms with Crippen molar-refractivity contribution >= 4 is 28.2 Å². The van der Waals surface area contributed by atoms with Crippen LogP contribution in [-0.4, -0.2) is 30.4 Å². The van der Waals surface area contributed by atoms with Crippen LogP contribution in [0, 0.1) is 0 Å². The average molecular weight is 242 g/mol. The number of nitrogens with zero attached hydrogens (tertiary/aromatic N) is 1. The summed E-state index contributed by atoms with van der Waals surface area (Å²) in [5.74, 6) is -0.756. The molecule has 0 aliphatic rings. The van der Waals surface area contributed by atoms with Crippen molar-refractivity contribution in [3.05, 3.63) is 10.6 Å². The fourth-order valence-corrected chi connectivity index (χ4v) is 1.98. The van der Waals surface area contributed by atoms with Gasteiger partial charge in [-0.05, 0) is 6.42 Å². The summed E-state index contributed by atoms with van der Waals surface area (Å²) in [7, 11) is 1.27. The third-order valence-corrected chi connectivity index (χ3v) is 2.97. The lowest BCUT2D eigenvalue weighted by molar-refractivity contribution is 0.0591. The topological polar surface area (TPSA) is 68.3 Å². The molecule has 1 N–H and O–H groups in total. The molecule has 0 aromatic carbocycles. The number of carbonyl (C=O) groups is 2. The predicted octanol–water partition coefficient (Wildman–Crippen LogP) is 1.95. The van der Waals surface area contributed by atoms with Crippen molar-refractivity contribution in [2.75, 3.05) is 19.0 Å². The van der Waals surface area contributed by atoms with Gasteiger partial charge in [-0.1, -0.05) is 18.3 Å². The van der Waals surface area contributed by atoms with E-state index < -0.39 is 5.97 Å². The van der Waals surface area contributed by atoms with Gasteiger partial charge in [-0.3, -0.25) is 4.79 Å². The van der Waals surface area contributed by atoms with Gasteiger partial charge in [-0.15, -0.1) is 0 Å². The van der Waals surface area contributed by atoms with Gasteiger partial charge in [0, 0.05) is 13.5 Å². The van der Waals surface area contributed by atoms with Crippen LogP contribution in [0.1, 0.15) is 40.4 Å². The van der Waals surface area contributed by atoms with Crippen molar-refractivity contribution in [3.8, 4) is 0 Å². The summed E-state index contributed by atoms with van der Waals surface area (Å²) in [6.45, 7) is 4.18. The number of hydrogen-bond donors (Lipinski definition) is 1. The molecular weight excluding hydrogens is 228 g/mol. The van der Waals surface area contributed by atoms with Crippen LogP contribution in [-0.2, 0) is 4.74 Å². The molecule has 0 amide bonds. The highest BCUT2D eigenvalue weighted by Gasteiger charge is 2.21. The number of anilines is 1. The Kier molecular flexibility index (Phi) is 4.42. The summed E-state index contributed by atoms with van der Waals surface area (Å²) in [6.07, 6.45) is 0.947. The average Bonchev–Trinajstić information content (AvgIpc) is 2.69. The van der Waals surface area contributed by atoms with Gasteiger partial charge in [0.25, 0.3) is 0 Å². The van der Waals surface area contributed by atoms with Crippen molar-refractivity contribution in [2.45, 2.75) is 20.3 Å². The highest BCUT2D eigenvalue weighted by atomic mass is 32.1. The Hall–Kier alpha value is -1.43. The Morgan fingerprint density at radius 2 is 2.19 bits per heavy atom. The molecule has 0 atom stereocenters. The van der Waals surface area contributed by atoms with E-state index in [1.165, 1.54) is 25.4 Å². The first-order chi connectivity index (χ1) is 7.60. The first kappa shape index (κ1) is 12.6. The van der Waals surface area contributed by atoms with Crippen molar-refractivity contribution in [1.82, 2.24) is 4.98 Å². The number of hydrogen-bond acceptors (Lipinski definition) is 6. The number of ketones is 1. The first-order valence-electron chi connectivity index (χ1n) is 4.94. The zero-order valence-corrected chi connectivity index (χ0v) is 10.3. The van der Waals surface area contributed by atoms with Crippen molar-refractivity contribution in [2.24, 2.45) is 0 Å². The highest BCUT2D eigenvalue weighted by Crippen LogP contribution is 2.24. The van der Waals surface area contributed by atoms with E-state index in [2.05, 4.69) is 15.0 Å². The molecule has 5 nitrogen and oxygen atoms in total. The van der Waals surface area contributed by atoms with E-state index in [9.17, 15) is 9.59 Å². The number of nitrogens with one attached hydrogen (secondary N) is 1. The van der Waals surface area contributed by atoms with Gasteiger partial charge in [0.05, 0.1) is 7.11 Å². The molecule has 0 bridgehead atoms. The van der Waals surface area contributed by atoms with E-state index in [1.807, 2.05) is 6.92 Å². The molecule has 16 heavy (non-hydrogen) atoms. The third-order valence-electron chi connectivity index (χ3n) is 1.85. The molecule has 88 valence electrons. The van der Waals surface area contributed by atoms with Crippen LogP contribution in [0.25, 0.3) is 0 Å². The van der Waals surface area contributed by atoms with Crippen molar-refractivity contribution < 1.29 is 14.3 Å². The predicted molar refractivity (Wildman–Crippen MR) is 62.2 cm³/mol. The normalized spacial score (nSPS) is 9.94. The molecule has 1 aromatic rings. The zero-order valence-electron chi connectivity index (χ0n) is 9.49. The number of esters is 1. The minimum atomic E-state index is -0.578. The Balaban J connectivity index is 3.00. The number of carbonyl (C=O) groups excluding carboxylic acids is 2. The molecular formula is C10H14N2O3S. The van der Waals surface area contributed by atoms with Crippen LogP contribution in [0.3, 0.4) is 0 Å². The second kappa shape index (κ2) is 5.60. The summed E-state index contributed by atoms with van der Waals surface area (Å²) < 4.78 is 4.57. The fraction of sp³-hybridized carbons (Fsp3) is 0.500. The Bertz CT molecular complexity index is 401. The lowest BCUT2D eigenvalue weighted by atomic mass is 10.3. The van der Waals surface area contributed by atoms with E-state index in [0.717, 1.165) is 13.0 Å². The van der Waals surface area contributed by atoms with Crippen LogP contribution < -0.4 is 5.32 Å². The summed E-state index contributed by atoms with van der Waals surface area (Å²) in [5, 5.41) is 3.61. The molecule has 0 aliphatic carbocycles. The van der Waals surface area contributed by atoms with Crippen molar-refractivity contribution in [3.63, 3.8) is 0 Å². The minimum absolute atomic E-state index is 0.0959. The van der Waals surface area contributed by atoms with Crippen LogP contribution in [0.4, 0.5) is 5.13 Å². The van der Waals surface area contributed by atoms with E-state index in [4.69, 9.17) is 0 Å². The van der Waals surface area contributed by atoms with Gasteiger partial charge < -0.3 is 10.1 Å². The quantitative estimate of drug-likeness (QED) is 0.631. The van der Waals surface area contributed by atoms with E-state index in [1.54, 1.807) is 0 Å². The van der Waals surface area contributed by atoms with E-state index >= 15 is 0 Å². The lowest BCUT2D eigenvalue weighted by Gasteiger charge is -1.96. The molecule has 0 fully saturated rings. The maximum atomic E-state index is 11.4. The molecule has 1 heterocycles. The number of aromatic nitrogens is 1. The molecule has 0 spiro atoms. The molecule has 1 aromatic heterocycles. The van der Waals surface area contributed by atoms with Crippen LogP contribution >= 0.6 is 11.3 Å². The minimum Gasteiger partial charge on any atom is -0.464 e. The van der Waals surface area contributed by atoms with Crippen LogP contribution in [0.2, 0.25) is 0 Å². The SMILES string of the molecule is CCCNc1nc(C(=O)OC)c(C(C)=O)s1. The third kappa shape index (κ3) is 2.79. The Morgan fingerprint density at radius 3 is 2.69 bits per heavy atom. The number of methoxy groups -OCH3 is 1. The van der Waals surface area contributed by atoms with Crippen LogP contribution in [0.15, 0.2) is 0 Å². The maximum Gasteiger partial charge on any atom is 0.358 e. The van der Waals surface area contributed by atoms with E-state index in [-0.39, 0.29) is 11.5 Å². The second-order valence-corrected chi connectivity index (χ2v) is 4.17. The standard InChI is InChI=1S/C10H14N2O3S/c1-4-5-11-10-12-7(9(14)15-3)8(16-10)6(2)13/h4-5H2,1-3H3,(H,11,12).